The summed E-state index contributed by atoms with van der Waals surface area (Å²) in [6.07, 6.45) is 1.94. The van der Waals surface area contributed by atoms with Gasteiger partial charge in [0, 0.05) is 41.2 Å². The van der Waals surface area contributed by atoms with E-state index in [9.17, 15) is 9.90 Å². The summed E-state index contributed by atoms with van der Waals surface area (Å²) in [7, 11) is 1.94. The molecule has 0 aliphatic rings. The number of nitrogens with zero attached hydrogens (tertiary/aromatic N) is 1. The molecule has 1 N–H and O–H groups in total. The van der Waals surface area contributed by atoms with Crippen LogP contribution in [-0.2, 0) is 7.05 Å². The van der Waals surface area contributed by atoms with Gasteiger partial charge in [-0.15, -0.1) is 0 Å². The van der Waals surface area contributed by atoms with Gasteiger partial charge >= 0.3 is 5.97 Å². The van der Waals surface area contributed by atoms with Crippen molar-refractivity contribution in [3.63, 3.8) is 0 Å². The molecular weight excluding hydrogens is 298 g/mol. The van der Waals surface area contributed by atoms with E-state index in [-0.39, 0.29) is 5.56 Å². The van der Waals surface area contributed by atoms with Gasteiger partial charge in [0.2, 0.25) is 0 Å². The lowest BCUT2D eigenvalue weighted by Crippen LogP contribution is -2.01. The van der Waals surface area contributed by atoms with Crippen LogP contribution >= 0.6 is 0 Å². The van der Waals surface area contributed by atoms with E-state index in [4.69, 9.17) is 0 Å². The molecule has 0 unspecified atom stereocenters. The number of hydrogen-bond acceptors (Lipinski definition) is 1. The third-order valence-corrected chi connectivity index (χ3v) is 3.95. The Morgan fingerprint density at radius 1 is 1.04 bits per heavy atom. The quantitative estimate of drug-likeness (QED) is 0.724. The number of carboxylic acid groups (broad SMARTS) is 1. The minimum atomic E-state index is -0.949. The highest BCUT2D eigenvalue weighted by molar-refractivity contribution is 5.98. The number of rotatable bonds is 2. The largest absolute Gasteiger partial charge is 0.478 e. The van der Waals surface area contributed by atoms with Gasteiger partial charge in [-0.2, -0.15) is 0 Å². The van der Waals surface area contributed by atoms with Crippen LogP contribution in [0.3, 0.4) is 0 Å². The Kier molecular flexibility index (Phi) is 4.22. The minimum absolute atomic E-state index is 0.264. The molecule has 2 aromatic carbocycles. The smallest absolute Gasteiger partial charge is 0.336 e. The molecule has 24 heavy (non-hydrogen) atoms. The highest BCUT2D eigenvalue weighted by Crippen LogP contribution is 2.29. The molecule has 0 bridgehead atoms. The van der Waals surface area contributed by atoms with Crippen molar-refractivity contribution in [1.82, 2.24) is 4.57 Å². The van der Waals surface area contributed by atoms with Gasteiger partial charge in [0.05, 0.1) is 5.56 Å². The van der Waals surface area contributed by atoms with E-state index < -0.39 is 5.97 Å². The zero-order valence-electron chi connectivity index (χ0n) is 13.6. The first-order valence-corrected chi connectivity index (χ1v) is 7.63. The van der Waals surface area contributed by atoms with Crippen LogP contribution in [0.25, 0.3) is 11.1 Å². The molecule has 0 aliphatic carbocycles. The molecule has 3 heteroatoms. The van der Waals surface area contributed by atoms with Gasteiger partial charge in [0.1, 0.15) is 0 Å². The summed E-state index contributed by atoms with van der Waals surface area (Å²) in [6, 6.07) is 16.9. The van der Waals surface area contributed by atoms with Crippen LogP contribution in [0.5, 0.6) is 0 Å². The van der Waals surface area contributed by atoms with Crippen molar-refractivity contribution >= 4 is 5.97 Å². The Morgan fingerprint density at radius 2 is 1.79 bits per heavy atom. The summed E-state index contributed by atoms with van der Waals surface area (Å²) >= 11 is 0. The first kappa shape index (κ1) is 15.6. The van der Waals surface area contributed by atoms with Crippen LogP contribution in [0.4, 0.5) is 0 Å². The molecule has 1 aromatic heterocycles. The average Bonchev–Trinajstić information content (AvgIpc) is 2.92. The van der Waals surface area contributed by atoms with Crippen LogP contribution in [0, 0.1) is 18.8 Å². The van der Waals surface area contributed by atoms with Gasteiger partial charge < -0.3 is 9.67 Å². The van der Waals surface area contributed by atoms with E-state index in [1.54, 1.807) is 12.1 Å². The van der Waals surface area contributed by atoms with Crippen molar-refractivity contribution in [2.45, 2.75) is 6.92 Å². The molecule has 3 nitrogen and oxygen atoms in total. The van der Waals surface area contributed by atoms with E-state index in [1.165, 1.54) is 0 Å². The van der Waals surface area contributed by atoms with Crippen molar-refractivity contribution in [1.29, 1.82) is 0 Å². The number of benzene rings is 2. The molecular formula is C21H17NO2. The van der Waals surface area contributed by atoms with Crippen LogP contribution in [-0.4, -0.2) is 15.6 Å². The fraction of sp³-hybridized carbons (Fsp3) is 0.0952. The Hall–Kier alpha value is -3.25. The zero-order valence-corrected chi connectivity index (χ0v) is 13.6. The van der Waals surface area contributed by atoms with E-state index in [0.717, 1.165) is 16.8 Å². The first-order chi connectivity index (χ1) is 11.6. The topological polar surface area (TPSA) is 42.2 Å². The van der Waals surface area contributed by atoms with Gasteiger partial charge in [-0.05, 0) is 37.3 Å². The molecule has 0 saturated heterocycles. The molecule has 1 heterocycles. The second-order valence-electron chi connectivity index (χ2n) is 5.63. The van der Waals surface area contributed by atoms with Crippen LogP contribution in [0.15, 0.2) is 60.8 Å². The highest BCUT2D eigenvalue weighted by atomic mass is 16.4. The second kappa shape index (κ2) is 6.47. The lowest BCUT2D eigenvalue weighted by atomic mass is 9.96. The summed E-state index contributed by atoms with van der Waals surface area (Å²) in [5.74, 6) is 5.29. The van der Waals surface area contributed by atoms with Gasteiger partial charge in [0.25, 0.3) is 0 Å². The standard InChI is InChI=1S/C21H17NO2/c1-15-13-18(14-22(15)2)20-17(9-6-10-19(20)21(23)24)12-11-16-7-4-3-5-8-16/h3-10,13-14H,1-2H3,(H,23,24). The summed E-state index contributed by atoms with van der Waals surface area (Å²) in [5, 5.41) is 9.56. The molecule has 0 spiro atoms. The maximum absolute atomic E-state index is 11.7. The minimum Gasteiger partial charge on any atom is -0.478 e. The molecule has 118 valence electrons. The lowest BCUT2D eigenvalue weighted by Gasteiger charge is -2.07. The normalized spacial score (nSPS) is 10.1. The number of aromatic nitrogens is 1. The molecule has 0 saturated carbocycles. The second-order valence-corrected chi connectivity index (χ2v) is 5.63. The molecule has 0 atom stereocenters. The average molecular weight is 315 g/mol. The summed E-state index contributed by atoms with van der Waals surface area (Å²) in [6.45, 7) is 1.99. The summed E-state index contributed by atoms with van der Waals surface area (Å²) < 4.78 is 1.97. The van der Waals surface area contributed by atoms with Crippen molar-refractivity contribution in [3.05, 3.63) is 83.2 Å². The number of carboxylic acids is 1. The number of carbonyl (C=O) groups is 1. The Bertz CT molecular complexity index is 937. The maximum Gasteiger partial charge on any atom is 0.336 e. The van der Waals surface area contributed by atoms with Crippen LogP contribution < -0.4 is 0 Å². The predicted molar refractivity (Wildman–Crippen MR) is 95.0 cm³/mol. The van der Waals surface area contributed by atoms with Crippen molar-refractivity contribution in [3.8, 4) is 23.0 Å². The van der Waals surface area contributed by atoms with Gasteiger partial charge in [-0.3, -0.25) is 0 Å². The van der Waals surface area contributed by atoms with E-state index in [1.807, 2.05) is 67.2 Å². The SMILES string of the molecule is Cc1cc(-c2c(C#Cc3ccccc3)cccc2C(=O)O)cn1C. The first-order valence-electron chi connectivity index (χ1n) is 7.63. The van der Waals surface area contributed by atoms with Crippen molar-refractivity contribution in [2.75, 3.05) is 0 Å². The number of aryl methyl sites for hydroxylation is 2. The molecule has 0 fully saturated rings. The summed E-state index contributed by atoms with van der Waals surface area (Å²) in [5.41, 5.74) is 4.47. The number of hydrogen-bond donors (Lipinski definition) is 1. The summed E-state index contributed by atoms with van der Waals surface area (Å²) in [4.78, 5) is 11.7. The maximum atomic E-state index is 11.7. The Balaban J connectivity index is 2.18. The Morgan fingerprint density at radius 3 is 2.42 bits per heavy atom. The van der Waals surface area contributed by atoms with Crippen molar-refractivity contribution < 1.29 is 9.90 Å². The molecule has 0 aliphatic heterocycles. The fourth-order valence-corrected chi connectivity index (χ4v) is 2.62. The van der Waals surface area contributed by atoms with Crippen molar-refractivity contribution in [2.24, 2.45) is 7.05 Å². The van der Waals surface area contributed by atoms with E-state index in [2.05, 4.69) is 11.8 Å². The predicted octanol–water partition coefficient (Wildman–Crippen LogP) is 4.10. The zero-order chi connectivity index (χ0) is 17.1. The van der Waals surface area contributed by atoms with E-state index >= 15 is 0 Å². The van der Waals surface area contributed by atoms with Gasteiger partial charge in [-0.25, -0.2) is 4.79 Å². The third kappa shape index (κ3) is 3.09. The molecule has 0 amide bonds. The molecule has 3 rings (SSSR count). The number of aromatic carboxylic acids is 1. The van der Waals surface area contributed by atoms with Gasteiger partial charge in [0.15, 0.2) is 0 Å². The molecule has 0 radical (unpaired) electrons. The van der Waals surface area contributed by atoms with Gasteiger partial charge in [-0.1, -0.05) is 36.1 Å². The highest BCUT2D eigenvalue weighted by Gasteiger charge is 2.16. The van der Waals surface area contributed by atoms with E-state index in [0.29, 0.717) is 11.1 Å². The lowest BCUT2D eigenvalue weighted by molar-refractivity contribution is 0.0697. The van der Waals surface area contributed by atoms with Crippen LogP contribution in [0.1, 0.15) is 27.2 Å². The Labute approximate surface area is 141 Å². The monoisotopic (exact) mass is 315 g/mol. The fourth-order valence-electron chi connectivity index (χ4n) is 2.62. The molecule has 3 aromatic rings. The van der Waals surface area contributed by atoms with Crippen LogP contribution in [0.2, 0.25) is 0 Å². The third-order valence-electron chi connectivity index (χ3n) is 3.95.